The lowest BCUT2D eigenvalue weighted by Crippen LogP contribution is -2.31. The van der Waals surface area contributed by atoms with Crippen molar-refractivity contribution in [3.8, 4) is 0 Å². The summed E-state index contributed by atoms with van der Waals surface area (Å²) in [5, 5.41) is 21.9. The highest BCUT2D eigenvalue weighted by Crippen LogP contribution is 2.27. The summed E-state index contributed by atoms with van der Waals surface area (Å²) >= 11 is 0. The van der Waals surface area contributed by atoms with Crippen LogP contribution in [0.25, 0.3) is 0 Å². The number of aliphatic hydroxyl groups is 2. The van der Waals surface area contributed by atoms with Gasteiger partial charge in [0.2, 0.25) is 5.95 Å². The molecule has 2 heterocycles. The Morgan fingerprint density at radius 3 is 2.81 bits per heavy atom. The van der Waals surface area contributed by atoms with Gasteiger partial charge < -0.3 is 20.4 Å². The topological polar surface area (TPSA) is 81.5 Å². The molecule has 0 aliphatic carbocycles. The first-order valence-electron chi connectivity index (χ1n) is 9.38. The number of anilines is 2. The molecule has 3 N–H and O–H groups in total. The van der Waals surface area contributed by atoms with Crippen LogP contribution in [0.5, 0.6) is 0 Å². The van der Waals surface area contributed by atoms with Crippen LogP contribution in [0.2, 0.25) is 0 Å². The molecule has 26 heavy (non-hydrogen) atoms. The van der Waals surface area contributed by atoms with Crippen LogP contribution in [-0.4, -0.2) is 39.9 Å². The number of hydrogen-bond donors (Lipinski definition) is 3. The number of aromatic nitrogens is 2. The van der Waals surface area contributed by atoms with Crippen LogP contribution in [0, 0.1) is 0 Å². The monoisotopic (exact) mass is 356 g/mol. The van der Waals surface area contributed by atoms with E-state index in [2.05, 4.69) is 45.3 Å². The third-order valence-corrected chi connectivity index (χ3v) is 4.79. The lowest BCUT2D eigenvalue weighted by atomic mass is 9.96. The van der Waals surface area contributed by atoms with Gasteiger partial charge in [-0.2, -0.15) is 4.98 Å². The number of fused-ring (bicyclic) bond motifs is 1. The second kappa shape index (κ2) is 8.47. The predicted molar refractivity (Wildman–Crippen MR) is 103 cm³/mol. The van der Waals surface area contributed by atoms with Crippen LogP contribution in [0.3, 0.4) is 0 Å². The molecule has 0 saturated carbocycles. The average Bonchev–Trinajstić information content (AvgIpc) is 2.67. The summed E-state index contributed by atoms with van der Waals surface area (Å²) in [5.74, 6) is 1.57. The largest absolute Gasteiger partial charge is 0.396 e. The summed E-state index contributed by atoms with van der Waals surface area (Å²) in [6, 6.07) is 8.31. The third-order valence-electron chi connectivity index (χ3n) is 4.79. The maximum atomic E-state index is 9.78. The van der Waals surface area contributed by atoms with Crippen molar-refractivity contribution in [3.05, 3.63) is 46.6 Å². The first-order chi connectivity index (χ1) is 12.6. The van der Waals surface area contributed by atoms with E-state index in [1.807, 2.05) is 6.07 Å². The molecule has 140 valence electrons. The quantitative estimate of drug-likeness (QED) is 0.661. The van der Waals surface area contributed by atoms with E-state index >= 15 is 0 Å². The van der Waals surface area contributed by atoms with Crippen LogP contribution >= 0.6 is 0 Å². The van der Waals surface area contributed by atoms with E-state index in [4.69, 9.17) is 5.11 Å². The molecular formula is C20H28N4O2. The molecule has 3 rings (SSSR count). The van der Waals surface area contributed by atoms with Crippen molar-refractivity contribution in [1.29, 1.82) is 0 Å². The molecule has 0 spiro atoms. The van der Waals surface area contributed by atoms with Crippen molar-refractivity contribution in [2.45, 2.75) is 45.8 Å². The molecule has 1 aromatic carbocycles. The fourth-order valence-electron chi connectivity index (χ4n) is 3.21. The minimum atomic E-state index is -0.431. The number of nitrogens with zero attached hydrogens (tertiary/aromatic N) is 3. The normalized spacial score (nSPS) is 14.8. The molecule has 0 amide bonds. The predicted octanol–water partition coefficient (Wildman–Crippen LogP) is 2.45. The fourth-order valence-corrected chi connectivity index (χ4v) is 3.21. The molecule has 1 atom stereocenters. The summed E-state index contributed by atoms with van der Waals surface area (Å²) in [6.07, 6.45) is 2.04. The summed E-state index contributed by atoms with van der Waals surface area (Å²) < 4.78 is 0. The van der Waals surface area contributed by atoms with Crippen molar-refractivity contribution < 1.29 is 10.2 Å². The second-order valence-corrected chi connectivity index (χ2v) is 6.77. The van der Waals surface area contributed by atoms with Gasteiger partial charge in [0, 0.05) is 38.0 Å². The Hall–Kier alpha value is -2.18. The lowest BCUT2D eigenvalue weighted by Gasteiger charge is -2.30. The van der Waals surface area contributed by atoms with Gasteiger partial charge in [0.05, 0.1) is 6.10 Å². The summed E-state index contributed by atoms with van der Waals surface area (Å²) in [5.41, 5.74) is 4.58. The van der Waals surface area contributed by atoms with Gasteiger partial charge in [0.1, 0.15) is 5.82 Å². The third kappa shape index (κ3) is 4.31. The van der Waals surface area contributed by atoms with Gasteiger partial charge in [-0.25, -0.2) is 4.98 Å². The van der Waals surface area contributed by atoms with Gasteiger partial charge in [-0.15, -0.1) is 0 Å². The van der Waals surface area contributed by atoms with E-state index in [0.29, 0.717) is 18.9 Å². The maximum absolute atomic E-state index is 9.78. The smallest absolute Gasteiger partial charge is 0.224 e. The Balaban J connectivity index is 1.79. The molecule has 6 nitrogen and oxygen atoms in total. The number of rotatable bonds is 7. The first-order valence-corrected chi connectivity index (χ1v) is 9.38. The highest BCUT2D eigenvalue weighted by atomic mass is 16.3. The molecule has 2 aromatic rings. The van der Waals surface area contributed by atoms with Gasteiger partial charge in [0.25, 0.3) is 0 Å². The van der Waals surface area contributed by atoms with Gasteiger partial charge >= 0.3 is 0 Å². The highest BCUT2D eigenvalue weighted by Gasteiger charge is 2.19. The van der Waals surface area contributed by atoms with Crippen molar-refractivity contribution >= 4 is 11.8 Å². The van der Waals surface area contributed by atoms with E-state index in [0.717, 1.165) is 43.0 Å². The molecular weight excluding hydrogens is 328 g/mol. The Morgan fingerprint density at radius 1 is 1.23 bits per heavy atom. The zero-order chi connectivity index (χ0) is 18.5. The van der Waals surface area contributed by atoms with Gasteiger partial charge in [-0.3, -0.25) is 0 Å². The molecule has 1 aliphatic heterocycles. The van der Waals surface area contributed by atoms with Crippen LogP contribution in [-0.2, 0) is 19.4 Å². The van der Waals surface area contributed by atoms with Crippen molar-refractivity contribution in [2.24, 2.45) is 0 Å². The molecule has 0 radical (unpaired) electrons. The average molecular weight is 356 g/mol. The van der Waals surface area contributed by atoms with Gasteiger partial charge in [-0.05, 0) is 42.9 Å². The van der Waals surface area contributed by atoms with Crippen molar-refractivity contribution in [1.82, 2.24) is 9.97 Å². The molecule has 0 fully saturated rings. The van der Waals surface area contributed by atoms with E-state index in [-0.39, 0.29) is 6.61 Å². The molecule has 1 aromatic heterocycles. The van der Waals surface area contributed by atoms with Crippen molar-refractivity contribution in [3.63, 3.8) is 0 Å². The zero-order valence-corrected chi connectivity index (χ0v) is 15.6. The number of benzene rings is 1. The van der Waals surface area contributed by atoms with Crippen LogP contribution < -0.4 is 10.2 Å². The molecule has 0 bridgehead atoms. The van der Waals surface area contributed by atoms with Crippen molar-refractivity contribution in [2.75, 3.05) is 29.9 Å². The summed E-state index contributed by atoms with van der Waals surface area (Å²) in [7, 11) is 0. The van der Waals surface area contributed by atoms with Gasteiger partial charge in [0.15, 0.2) is 0 Å². The highest BCUT2D eigenvalue weighted by molar-refractivity contribution is 5.49. The van der Waals surface area contributed by atoms with E-state index in [1.165, 1.54) is 11.1 Å². The van der Waals surface area contributed by atoms with E-state index < -0.39 is 6.10 Å². The first kappa shape index (κ1) is 18.6. The summed E-state index contributed by atoms with van der Waals surface area (Å²) in [6.45, 7) is 6.42. The number of hydrogen-bond acceptors (Lipinski definition) is 6. The summed E-state index contributed by atoms with van der Waals surface area (Å²) in [4.78, 5) is 11.5. The minimum Gasteiger partial charge on any atom is -0.396 e. The Morgan fingerprint density at radius 2 is 2.08 bits per heavy atom. The molecule has 1 aliphatic rings. The minimum absolute atomic E-state index is 0.157. The van der Waals surface area contributed by atoms with Crippen LogP contribution in [0.1, 0.15) is 48.8 Å². The Labute approximate surface area is 154 Å². The number of aryl methyl sites for hydroxylation is 1. The van der Waals surface area contributed by atoms with Crippen LogP contribution in [0.4, 0.5) is 11.8 Å². The lowest BCUT2D eigenvalue weighted by molar-refractivity contribution is 0.199. The fraction of sp³-hybridized carbons (Fsp3) is 0.500. The Bertz CT molecular complexity index is 749. The molecule has 0 unspecified atom stereocenters. The Kier molecular flexibility index (Phi) is 6.06. The van der Waals surface area contributed by atoms with E-state index in [1.54, 1.807) is 6.92 Å². The van der Waals surface area contributed by atoms with Crippen LogP contribution in [0.15, 0.2) is 24.3 Å². The van der Waals surface area contributed by atoms with E-state index in [9.17, 15) is 5.11 Å². The maximum Gasteiger partial charge on any atom is 0.224 e. The molecule has 6 heteroatoms. The molecule has 0 saturated heterocycles. The van der Waals surface area contributed by atoms with Gasteiger partial charge in [-0.1, -0.05) is 25.1 Å². The zero-order valence-electron chi connectivity index (χ0n) is 15.6. The second-order valence-electron chi connectivity index (χ2n) is 6.77. The SMILES string of the molecule is CCc1cc(N2CCc3cc([C@@H](C)O)ccc3C2)nc(NCCCO)n1. The number of aliphatic hydroxyl groups excluding tert-OH is 2. The standard InChI is InChI=1S/C20H28N4O2/c1-3-18-12-19(23-20(22-18)21-8-4-10-25)24-9-7-16-11-15(14(2)26)5-6-17(16)13-24/h5-6,11-12,14,25-26H,3-4,7-10,13H2,1-2H3,(H,21,22,23)/t14-/m1/s1. The number of nitrogens with one attached hydrogen (secondary N) is 1.